The van der Waals surface area contributed by atoms with Crippen LogP contribution in [-0.4, -0.2) is 24.8 Å². The van der Waals surface area contributed by atoms with Gasteiger partial charge in [-0.1, -0.05) is 13.8 Å². The van der Waals surface area contributed by atoms with Crippen LogP contribution in [0.3, 0.4) is 0 Å². The number of Topliss-reactive ketones (excluding diaryl/α,β-unsaturated/α-hetero) is 1. The monoisotopic (exact) mass is 374 g/mol. The molecule has 1 saturated heterocycles. The quantitative estimate of drug-likeness (QED) is 0.737. The number of ether oxygens (including phenoxy) is 2. The van der Waals surface area contributed by atoms with Crippen LogP contribution in [0.2, 0.25) is 0 Å². The molecule has 0 spiro atoms. The summed E-state index contributed by atoms with van der Waals surface area (Å²) >= 11 is 0. The number of carbonyl (C=O) groups is 3. The first-order valence-corrected chi connectivity index (χ1v) is 9.61. The average Bonchev–Trinajstić information content (AvgIpc) is 3.16. The van der Waals surface area contributed by atoms with Gasteiger partial charge in [0.1, 0.15) is 11.9 Å². The molecule has 1 aromatic rings. The van der Waals surface area contributed by atoms with E-state index in [9.17, 15) is 14.4 Å². The topological polar surface area (TPSA) is 82.8 Å². The van der Waals surface area contributed by atoms with Crippen LogP contribution in [0.25, 0.3) is 0 Å². The van der Waals surface area contributed by atoms with Crippen LogP contribution in [0, 0.1) is 28.6 Å². The summed E-state index contributed by atoms with van der Waals surface area (Å²) in [7, 11) is 1.38. The van der Waals surface area contributed by atoms with Crippen molar-refractivity contribution in [2.24, 2.45) is 28.6 Å². The molecule has 6 nitrogen and oxygen atoms in total. The van der Waals surface area contributed by atoms with E-state index in [-0.39, 0.29) is 47.5 Å². The molecule has 1 aromatic heterocycles. The SMILES string of the molecule is COC(=O)C1CC(=O)C[C@H]2[C@]3(C)C[C@@H](c4ccoc4)OC(=O)[C@H]3CC[C@@]12C. The molecule has 6 atom stereocenters. The van der Waals surface area contributed by atoms with Gasteiger partial charge < -0.3 is 13.9 Å². The minimum absolute atomic E-state index is 0.0589. The Morgan fingerprint density at radius 3 is 2.67 bits per heavy atom. The van der Waals surface area contributed by atoms with Crippen LogP contribution in [-0.2, 0) is 23.9 Å². The Labute approximate surface area is 158 Å². The molecule has 1 unspecified atom stereocenters. The zero-order chi connectivity index (χ0) is 19.4. The molecule has 146 valence electrons. The van der Waals surface area contributed by atoms with Crippen LogP contribution in [0.1, 0.15) is 57.6 Å². The maximum absolute atomic E-state index is 12.8. The van der Waals surface area contributed by atoms with Gasteiger partial charge in [0.2, 0.25) is 0 Å². The molecule has 0 aromatic carbocycles. The van der Waals surface area contributed by atoms with Crippen molar-refractivity contribution in [2.75, 3.05) is 7.11 Å². The van der Waals surface area contributed by atoms with Crippen LogP contribution >= 0.6 is 0 Å². The molecular formula is C21H26O6. The van der Waals surface area contributed by atoms with E-state index in [4.69, 9.17) is 13.9 Å². The lowest BCUT2D eigenvalue weighted by Crippen LogP contribution is -2.60. The van der Waals surface area contributed by atoms with Crippen molar-refractivity contribution in [3.8, 4) is 0 Å². The Hall–Kier alpha value is -2.11. The van der Waals surface area contributed by atoms with Gasteiger partial charge in [0.15, 0.2) is 0 Å². The van der Waals surface area contributed by atoms with Crippen LogP contribution in [0.4, 0.5) is 0 Å². The smallest absolute Gasteiger partial charge is 0.310 e. The lowest BCUT2D eigenvalue weighted by molar-refractivity contribution is -0.204. The van der Waals surface area contributed by atoms with Gasteiger partial charge in [0.25, 0.3) is 0 Å². The fourth-order valence-electron chi connectivity index (χ4n) is 6.08. The van der Waals surface area contributed by atoms with Gasteiger partial charge in [-0.3, -0.25) is 14.4 Å². The largest absolute Gasteiger partial charge is 0.472 e. The predicted molar refractivity (Wildman–Crippen MR) is 94.3 cm³/mol. The number of hydrogen-bond acceptors (Lipinski definition) is 6. The van der Waals surface area contributed by atoms with Gasteiger partial charge >= 0.3 is 11.9 Å². The third-order valence-electron chi connectivity index (χ3n) is 7.59. The van der Waals surface area contributed by atoms with Crippen molar-refractivity contribution in [1.82, 2.24) is 0 Å². The highest BCUT2D eigenvalue weighted by Crippen LogP contribution is 2.65. The Bertz CT molecular complexity index is 768. The second-order valence-corrected chi connectivity index (χ2v) is 8.86. The van der Waals surface area contributed by atoms with Gasteiger partial charge in [-0.15, -0.1) is 0 Å². The number of esters is 2. The molecule has 2 aliphatic carbocycles. The second kappa shape index (κ2) is 6.21. The fourth-order valence-corrected chi connectivity index (χ4v) is 6.08. The third kappa shape index (κ3) is 2.64. The van der Waals surface area contributed by atoms with Crippen molar-refractivity contribution in [2.45, 2.75) is 52.1 Å². The molecule has 3 aliphatic rings. The Kier molecular flexibility index (Phi) is 4.20. The summed E-state index contributed by atoms with van der Waals surface area (Å²) in [5.41, 5.74) is 0.0687. The van der Waals surface area contributed by atoms with E-state index in [0.717, 1.165) is 12.0 Å². The van der Waals surface area contributed by atoms with Crippen molar-refractivity contribution in [1.29, 1.82) is 0 Å². The first-order valence-electron chi connectivity index (χ1n) is 9.61. The molecule has 0 amide bonds. The molecular weight excluding hydrogens is 348 g/mol. The fraction of sp³-hybridized carbons (Fsp3) is 0.667. The molecule has 2 saturated carbocycles. The minimum atomic E-state index is -0.447. The second-order valence-electron chi connectivity index (χ2n) is 8.86. The minimum Gasteiger partial charge on any atom is -0.472 e. The van der Waals surface area contributed by atoms with E-state index >= 15 is 0 Å². The average molecular weight is 374 g/mol. The van der Waals surface area contributed by atoms with Gasteiger partial charge in [0, 0.05) is 18.4 Å². The van der Waals surface area contributed by atoms with E-state index in [1.165, 1.54) is 7.11 Å². The predicted octanol–water partition coefficient (Wildman–Crippen LogP) is 3.46. The summed E-state index contributed by atoms with van der Waals surface area (Å²) in [6, 6.07) is 1.81. The molecule has 6 heteroatoms. The summed E-state index contributed by atoms with van der Waals surface area (Å²) in [5.74, 6) is -1.20. The van der Waals surface area contributed by atoms with Gasteiger partial charge in [-0.25, -0.2) is 0 Å². The number of rotatable bonds is 2. The van der Waals surface area contributed by atoms with E-state index in [1.807, 2.05) is 6.07 Å². The zero-order valence-corrected chi connectivity index (χ0v) is 16.0. The molecule has 4 rings (SSSR count). The van der Waals surface area contributed by atoms with Gasteiger partial charge in [-0.2, -0.15) is 0 Å². The summed E-state index contributed by atoms with van der Waals surface area (Å²) in [4.78, 5) is 37.9. The zero-order valence-electron chi connectivity index (χ0n) is 16.0. The summed E-state index contributed by atoms with van der Waals surface area (Å²) in [6.45, 7) is 4.19. The van der Waals surface area contributed by atoms with Crippen molar-refractivity contribution in [3.05, 3.63) is 24.2 Å². The molecule has 0 radical (unpaired) electrons. The van der Waals surface area contributed by atoms with E-state index < -0.39 is 11.3 Å². The molecule has 0 bridgehead atoms. The Morgan fingerprint density at radius 2 is 2.00 bits per heavy atom. The van der Waals surface area contributed by atoms with E-state index in [0.29, 0.717) is 19.3 Å². The normalized spacial score (nSPS) is 41.3. The molecule has 1 aliphatic heterocycles. The molecule has 2 heterocycles. The van der Waals surface area contributed by atoms with Crippen LogP contribution < -0.4 is 0 Å². The Balaban J connectivity index is 1.74. The molecule has 27 heavy (non-hydrogen) atoms. The number of carbonyl (C=O) groups excluding carboxylic acids is 3. The number of hydrogen-bond donors (Lipinski definition) is 0. The van der Waals surface area contributed by atoms with Crippen LogP contribution in [0.15, 0.2) is 23.0 Å². The lowest BCUT2D eigenvalue weighted by atomic mass is 9.43. The number of fused-ring (bicyclic) bond motifs is 3. The van der Waals surface area contributed by atoms with Crippen molar-refractivity contribution in [3.63, 3.8) is 0 Å². The molecule has 0 N–H and O–H groups in total. The maximum Gasteiger partial charge on any atom is 0.310 e. The van der Waals surface area contributed by atoms with E-state index in [2.05, 4.69) is 13.8 Å². The highest BCUT2D eigenvalue weighted by Gasteiger charge is 2.64. The highest BCUT2D eigenvalue weighted by molar-refractivity contribution is 5.87. The maximum atomic E-state index is 12.8. The number of ketones is 1. The standard InChI is InChI=1S/C21H26O6/c1-20-6-4-14-19(24)27-16(12-5-7-26-11-12)10-21(14,2)17(20)9-13(22)8-15(20)18(23)25-3/h5,7,11,14-17H,4,6,8-10H2,1-3H3/t14-,15?,16+,17-,20+,21-/m1/s1. The summed E-state index contributed by atoms with van der Waals surface area (Å²) in [6.07, 6.45) is 5.45. The van der Waals surface area contributed by atoms with Crippen LogP contribution in [0.5, 0.6) is 0 Å². The summed E-state index contributed by atoms with van der Waals surface area (Å²) < 4.78 is 15.9. The first-order chi connectivity index (χ1) is 12.8. The summed E-state index contributed by atoms with van der Waals surface area (Å²) in [5, 5.41) is 0. The van der Waals surface area contributed by atoms with Crippen molar-refractivity contribution < 1.29 is 28.3 Å². The lowest BCUT2D eigenvalue weighted by Gasteiger charge is -2.60. The molecule has 3 fully saturated rings. The number of furan rings is 1. The number of methoxy groups -OCH3 is 1. The van der Waals surface area contributed by atoms with Crippen molar-refractivity contribution >= 4 is 17.7 Å². The van der Waals surface area contributed by atoms with Gasteiger partial charge in [-0.05, 0) is 42.1 Å². The number of cyclic esters (lactones) is 1. The highest BCUT2D eigenvalue weighted by atomic mass is 16.5. The van der Waals surface area contributed by atoms with E-state index in [1.54, 1.807) is 12.5 Å². The Morgan fingerprint density at radius 1 is 1.22 bits per heavy atom. The van der Waals surface area contributed by atoms with Gasteiger partial charge in [0.05, 0.1) is 31.5 Å². The third-order valence-corrected chi connectivity index (χ3v) is 7.59. The first kappa shape index (κ1) is 18.3.